The van der Waals surface area contributed by atoms with Crippen molar-refractivity contribution in [3.05, 3.63) is 47.9 Å². The molecule has 0 bridgehead atoms. The second-order valence-electron chi connectivity index (χ2n) is 9.05. The van der Waals surface area contributed by atoms with E-state index in [1.165, 1.54) is 44.9 Å². The Kier molecular flexibility index (Phi) is 10.8. The van der Waals surface area contributed by atoms with Crippen LogP contribution in [0.3, 0.4) is 0 Å². The van der Waals surface area contributed by atoms with Crippen LogP contribution in [0.1, 0.15) is 89.7 Å². The Morgan fingerprint density at radius 3 is 2.44 bits per heavy atom. The number of aromatic amines is 2. The first-order valence-electron chi connectivity index (χ1n) is 12.9. The van der Waals surface area contributed by atoms with E-state index in [0.29, 0.717) is 13.0 Å². The molecule has 0 aliphatic carbocycles. The Balaban J connectivity index is 1.39. The molecule has 2 aromatic heterocycles. The summed E-state index contributed by atoms with van der Waals surface area (Å²) in [6.07, 6.45) is 21.6. The molecule has 2 aromatic rings. The van der Waals surface area contributed by atoms with Gasteiger partial charge in [-0.05, 0) is 56.0 Å². The van der Waals surface area contributed by atoms with E-state index in [-0.39, 0.29) is 5.91 Å². The van der Waals surface area contributed by atoms with Gasteiger partial charge in [0.1, 0.15) is 5.75 Å². The van der Waals surface area contributed by atoms with Gasteiger partial charge in [-0.3, -0.25) is 9.79 Å². The monoisotopic (exact) mass is 464 g/mol. The normalized spacial score (nSPS) is 14.1. The third kappa shape index (κ3) is 8.73. The van der Waals surface area contributed by atoms with Crippen LogP contribution in [0.5, 0.6) is 5.75 Å². The molecule has 3 heterocycles. The second-order valence-corrected chi connectivity index (χ2v) is 9.05. The van der Waals surface area contributed by atoms with Crippen molar-refractivity contribution in [2.75, 3.05) is 6.61 Å². The number of hydrogen-bond donors (Lipinski definition) is 3. The number of aliphatic imine (C=N–C) groups is 1. The molecule has 1 aliphatic heterocycles. The largest absolute Gasteiger partial charge is 0.491 e. The van der Waals surface area contributed by atoms with Crippen LogP contribution in [0, 0.1) is 0 Å². The third-order valence-corrected chi connectivity index (χ3v) is 6.03. The first kappa shape index (κ1) is 25.6. The summed E-state index contributed by atoms with van der Waals surface area (Å²) in [5, 5.41) is 0. The molecule has 1 amide bonds. The van der Waals surface area contributed by atoms with Crippen molar-refractivity contribution < 1.29 is 9.53 Å². The van der Waals surface area contributed by atoms with Gasteiger partial charge in [0, 0.05) is 24.4 Å². The fourth-order valence-corrected chi connectivity index (χ4v) is 4.17. The van der Waals surface area contributed by atoms with Gasteiger partial charge in [-0.1, -0.05) is 51.9 Å². The number of nitrogens with two attached hydrogens (primary N) is 1. The number of amides is 1. The number of primary amides is 1. The van der Waals surface area contributed by atoms with Crippen LogP contribution in [-0.4, -0.2) is 28.2 Å². The van der Waals surface area contributed by atoms with Crippen LogP contribution in [-0.2, 0) is 4.79 Å². The van der Waals surface area contributed by atoms with Gasteiger partial charge in [0.05, 0.1) is 29.4 Å². The fraction of sp³-hybridized carbons (Fsp3) is 0.500. The number of allylic oxidation sites excluding steroid dienone is 2. The van der Waals surface area contributed by atoms with E-state index >= 15 is 0 Å². The standard InChI is InChI=1S/C28H40N4O2/c1-2-19-34-27-21-25(24-14-12-18-30-24)32-26(27)20-23-17-16-22(31-23)13-10-8-6-4-3-5-7-9-11-15-28(29)33/h12,14,16-18,20-21,30,32H,2-11,13,15,19H2,1H3,(H2,29,33). The summed E-state index contributed by atoms with van der Waals surface area (Å²) < 4.78 is 5.97. The molecular formula is C28H40N4O2. The predicted molar refractivity (Wildman–Crippen MR) is 141 cm³/mol. The molecule has 184 valence electrons. The van der Waals surface area contributed by atoms with Gasteiger partial charge in [0.25, 0.3) is 0 Å². The Labute approximate surface area is 203 Å². The highest BCUT2D eigenvalue weighted by molar-refractivity contribution is 5.99. The molecule has 0 radical (unpaired) electrons. The number of H-pyrrole nitrogens is 2. The molecule has 6 heteroatoms. The third-order valence-electron chi connectivity index (χ3n) is 6.03. The number of ether oxygens (including phenoxy) is 1. The lowest BCUT2D eigenvalue weighted by atomic mass is 10.0. The topological polar surface area (TPSA) is 96.3 Å². The van der Waals surface area contributed by atoms with E-state index in [0.717, 1.165) is 59.9 Å². The lowest BCUT2D eigenvalue weighted by Gasteiger charge is -2.03. The molecule has 3 rings (SSSR count). The number of unbranched alkanes of at least 4 members (excludes halogenated alkanes) is 8. The molecule has 4 N–H and O–H groups in total. The molecular weight excluding hydrogens is 424 g/mol. The Morgan fingerprint density at radius 2 is 1.76 bits per heavy atom. The van der Waals surface area contributed by atoms with E-state index < -0.39 is 0 Å². The maximum absolute atomic E-state index is 10.7. The SMILES string of the molecule is CCCOc1cc(-c2ccc[nH]2)[nH]c1C=C1C=CC(CCCCCCCCCCCC(N)=O)=N1. The molecule has 0 saturated heterocycles. The van der Waals surface area contributed by atoms with Crippen LogP contribution in [0.25, 0.3) is 17.5 Å². The summed E-state index contributed by atoms with van der Waals surface area (Å²) >= 11 is 0. The average Bonchev–Trinajstić information content (AvgIpc) is 3.58. The molecule has 34 heavy (non-hydrogen) atoms. The zero-order chi connectivity index (χ0) is 24.0. The van der Waals surface area contributed by atoms with E-state index in [1.54, 1.807) is 0 Å². The number of aromatic nitrogens is 2. The minimum atomic E-state index is -0.180. The molecule has 0 atom stereocenters. The maximum atomic E-state index is 10.7. The Bertz CT molecular complexity index is 967. The summed E-state index contributed by atoms with van der Waals surface area (Å²) in [7, 11) is 0. The number of rotatable bonds is 17. The minimum Gasteiger partial charge on any atom is -0.491 e. The maximum Gasteiger partial charge on any atom is 0.217 e. The predicted octanol–water partition coefficient (Wildman–Crippen LogP) is 6.93. The summed E-state index contributed by atoms with van der Waals surface area (Å²) in [5.41, 5.74) is 10.3. The van der Waals surface area contributed by atoms with Crippen LogP contribution in [0.15, 0.2) is 47.2 Å². The van der Waals surface area contributed by atoms with Crippen molar-refractivity contribution in [2.45, 2.75) is 84.0 Å². The van der Waals surface area contributed by atoms with Crippen molar-refractivity contribution in [1.82, 2.24) is 9.97 Å². The highest BCUT2D eigenvalue weighted by Crippen LogP contribution is 2.29. The lowest BCUT2D eigenvalue weighted by molar-refractivity contribution is -0.118. The highest BCUT2D eigenvalue weighted by Gasteiger charge is 2.12. The van der Waals surface area contributed by atoms with E-state index in [1.807, 2.05) is 18.3 Å². The van der Waals surface area contributed by atoms with Gasteiger partial charge in [-0.2, -0.15) is 0 Å². The van der Waals surface area contributed by atoms with Crippen molar-refractivity contribution in [2.24, 2.45) is 10.7 Å². The van der Waals surface area contributed by atoms with Crippen molar-refractivity contribution in [1.29, 1.82) is 0 Å². The zero-order valence-electron chi connectivity index (χ0n) is 20.6. The lowest BCUT2D eigenvalue weighted by Crippen LogP contribution is -2.09. The molecule has 0 unspecified atom stereocenters. The first-order valence-corrected chi connectivity index (χ1v) is 12.9. The zero-order valence-corrected chi connectivity index (χ0v) is 20.6. The number of hydrogen-bond acceptors (Lipinski definition) is 3. The van der Waals surface area contributed by atoms with E-state index in [2.05, 4.69) is 41.2 Å². The van der Waals surface area contributed by atoms with E-state index in [9.17, 15) is 4.79 Å². The minimum absolute atomic E-state index is 0.180. The molecule has 1 aliphatic rings. The van der Waals surface area contributed by atoms with Crippen LogP contribution in [0.4, 0.5) is 0 Å². The van der Waals surface area contributed by atoms with Gasteiger partial charge in [0.2, 0.25) is 5.91 Å². The molecule has 0 fully saturated rings. The van der Waals surface area contributed by atoms with Gasteiger partial charge in [0.15, 0.2) is 0 Å². The second kappa shape index (κ2) is 14.3. The van der Waals surface area contributed by atoms with E-state index in [4.69, 9.17) is 15.5 Å². The number of nitrogens with one attached hydrogen (secondary N) is 2. The number of nitrogens with zero attached hydrogens (tertiary/aromatic N) is 1. The van der Waals surface area contributed by atoms with Gasteiger partial charge < -0.3 is 20.4 Å². The highest BCUT2D eigenvalue weighted by atomic mass is 16.5. The summed E-state index contributed by atoms with van der Waals surface area (Å²) in [6.45, 7) is 2.81. The van der Waals surface area contributed by atoms with Crippen molar-refractivity contribution in [3.63, 3.8) is 0 Å². The van der Waals surface area contributed by atoms with Crippen molar-refractivity contribution in [3.8, 4) is 17.1 Å². The summed E-state index contributed by atoms with van der Waals surface area (Å²) in [4.78, 5) is 22.2. The summed E-state index contributed by atoms with van der Waals surface area (Å²) in [6, 6.07) is 6.09. The fourth-order valence-electron chi connectivity index (χ4n) is 4.17. The molecule has 0 saturated carbocycles. The van der Waals surface area contributed by atoms with Crippen LogP contribution in [0.2, 0.25) is 0 Å². The molecule has 0 spiro atoms. The quantitative estimate of drug-likeness (QED) is 0.221. The van der Waals surface area contributed by atoms with Gasteiger partial charge in [-0.25, -0.2) is 0 Å². The number of carbonyl (C=O) groups excluding carboxylic acids is 1. The van der Waals surface area contributed by atoms with Crippen LogP contribution < -0.4 is 10.5 Å². The van der Waals surface area contributed by atoms with Gasteiger partial charge in [-0.15, -0.1) is 0 Å². The summed E-state index contributed by atoms with van der Waals surface area (Å²) in [5.74, 6) is 0.685. The molecule has 6 nitrogen and oxygen atoms in total. The average molecular weight is 465 g/mol. The Hall–Kier alpha value is -3.02. The van der Waals surface area contributed by atoms with Crippen molar-refractivity contribution >= 4 is 17.7 Å². The molecule has 0 aromatic carbocycles. The first-order chi connectivity index (χ1) is 16.7. The van der Waals surface area contributed by atoms with Gasteiger partial charge >= 0.3 is 0 Å². The Morgan fingerprint density at radius 1 is 1.03 bits per heavy atom. The number of carbonyl (C=O) groups is 1. The smallest absolute Gasteiger partial charge is 0.217 e. The van der Waals surface area contributed by atoms with Crippen LogP contribution >= 0.6 is 0 Å².